The van der Waals surface area contributed by atoms with Gasteiger partial charge >= 0.3 is 6.39 Å². The van der Waals surface area contributed by atoms with Gasteiger partial charge in [-0.3, -0.25) is 0 Å². The molecule has 3 nitrogen and oxygen atoms in total. The molecule has 1 radical (unpaired) electrons. The Morgan fingerprint density at radius 1 is 1.67 bits per heavy atom. The molecule has 9 heavy (non-hydrogen) atoms. The zero-order chi connectivity index (χ0) is 6.32. The second-order valence-corrected chi connectivity index (χ2v) is 2.16. The van der Waals surface area contributed by atoms with Crippen molar-refractivity contribution >= 4 is 0 Å². The molecule has 1 fully saturated rings. The van der Waals surface area contributed by atoms with Gasteiger partial charge in [0.1, 0.15) is 0 Å². The van der Waals surface area contributed by atoms with E-state index in [1.165, 1.54) is 0 Å². The maximum absolute atomic E-state index is 12.8. The van der Waals surface area contributed by atoms with Gasteiger partial charge in [0, 0.05) is 0 Å². The van der Waals surface area contributed by atoms with Crippen LogP contribution in [0.25, 0.3) is 0 Å². The van der Waals surface area contributed by atoms with E-state index in [1.807, 2.05) is 0 Å². The van der Waals surface area contributed by atoms with E-state index in [-0.39, 0.29) is 5.89 Å². The van der Waals surface area contributed by atoms with Gasteiger partial charge in [-0.2, -0.15) is 0 Å². The number of halogens is 1. The Labute approximate surface area is 50.9 Å². The SMILES string of the molecule is FC1(c2nn[c]o2)CC1. The molecule has 1 heterocycles. The normalized spacial score (nSPS) is 21.9. The lowest BCUT2D eigenvalue weighted by molar-refractivity contribution is 0.250. The maximum atomic E-state index is 12.8. The van der Waals surface area contributed by atoms with Gasteiger partial charge in [0.15, 0.2) is 5.67 Å². The van der Waals surface area contributed by atoms with E-state index in [2.05, 4.69) is 21.0 Å². The van der Waals surface area contributed by atoms with Gasteiger partial charge in [0.2, 0.25) is 0 Å². The van der Waals surface area contributed by atoms with Crippen LogP contribution in [0.15, 0.2) is 4.42 Å². The molecule has 0 N–H and O–H groups in total. The van der Waals surface area contributed by atoms with Crippen molar-refractivity contribution in [2.45, 2.75) is 18.5 Å². The molecule has 0 unspecified atom stereocenters. The highest BCUT2D eigenvalue weighted by Crippen LogP contribution is 2.48. The summed E-state index contributed by atoms with van der Waals surface area (Å²) in [5.74, 6) is 0.0718. The monoisotopic (exact) mass is 127 g/mol. The fraction of sp³-hybridized carbons (Fsp3) is 0.600. The van der Waals surface area contributed by atoms with E-state index in [9.17, 15) is 4.39 Å². The average Bonchev–Trinajstić information content (AvgIpc) is 2.46. The fourth-order valence-corrected chi connectivity index (χ4v) is 0.655. The quantitative estimate of drug-likeness (QED) is 0.560. The van der Waals surface area contributed by atoms with Gasteiger partial charge in [-0.25, -0.2) is 4.39 Å². The Hall–Kier alpha value is -0.930. The van der Waals surface area contributed by atoms with Crippen LogP contribution in [0.5, 0.6) is 0 Å². The van der Waals surface area contributed by atoms with Crippen molar-refractivity contribution < 1.29 is 8.81 Å². The van der Waals surface area contributed by atoms with Crippen LogP contribution in [0.4, 0.5) is 4.39 Å². The molecule has 1 aliphatic rings. The maximum Gasteiger partial charge on any atom is 0.306 e. The first-order valence-corrected chi connectivity index (χ1v) is 2.70. The van der Waals surface area contributed by atoms with E-state index in [4.69, 9.17) is 0 Å². The summed E-state index contributed by atoms with van der Waals surface area (Å²) in [5, 5.41) is 6.65. The molecule has 0 atom stereocenters. The molecular weight excluding hydrogens is 123 g/mol. The molecule has 1 aliphatic carbocycles. The minimum atomic E-state index is -1.30. The van der Waals surface area contributed by atoms with E-state index >= 15 is 0 Å². The second kappa shape index (κ2) is 1.32. The Bertz CT molecular complexity index is 205. The number of rotatable bonds is 1. The Morgan fingerprint density at radius 2 is 2.44 bits per heavy atom. The van der Waals surface area contributed by atoms with Gasteiger partial charge in [-0.05, 0) is 12.8 Å². The van der Waals surface area contributed by atoms with Gasteiger partial charge in [-0.15, -0.1) is 10.2 Å². The predicted molar refractivity (Wildman–Crippen MR) is 25.2 cm³/mol. The summed E-state index contributed by atoms with van der Waals surface area (Å²) in [6.45, 7) is 0. The third-order valence-corrected chi connectivity index (χ3v) is 1.40. The molecule has 1 aromatic rings. The van der Waals surface area contributed by atoms with Gasteiger partial charge in [-0.1, -0.05) is 0 Å². The molecule has 47 valence electrons. The molecule has 4 heteroatoms. The van der Waals surface area contributed by atoms with Crippen LogP contribution >= 0.6 is 0 Å². The third kappa shape index (κ3) is 0.624. The molecule has 0 bridgehead atoms. The summed E-state index contributed by atoms with van der Waals surface area (Å²) in [4.78, 5) is 0. The molecule has 0 spiro atoms. The van der Waals surface area contributed by atoms with Crippen molar-refractivity contribution in [3.63, 3.8) is 0 Å². The zero-order valence-electron chi connectivity index (χ0n) is 4.59. The van der Waals surface area contributed by atoms with E-state index < -0.39 is 5.67 Å². The molecule has 0 saturated heterocycles. The summed E-state index contributed by atoms with van der Waals surface area (Å²) in [6, 6.07) is 0. The second-order valence-electron chi connectivity index (χ2n) is 2.16. The summed E-state index contributed by atoms with van der Waals surface area (Å²) in [7, 11) is 0. The molecule has 2 rings (SSSR count). The van der Waals surface area contributed by atoms with Gasteiger partial charge in [0.05, 0.1) is 0 Å². The zero-order valence-corrected chi connectivity index (χ0v) is 4.59. The number of hydrogen-bond donors (Lipinski definition) is 0. The first-order chi connectivity index (χ1) is 4.31. The van der Waals surface area contributed by atoms with Crippen molar-refractivity contribution in [3.8, 4) is 0 Å². The highest BCUT2D eigenvalue weighted by atomic mass is 19.1. The number of nitrogens with zero attached hydrogens (tertiary/aromatic N) is 2. The van der Waals surface area contributed by atoms with E-state index in [0.717, 1.165) is 0 Å². The molecule has 1 saturated carbocycles. The smallest absolute Gasteiger partial charge is 0.306 e. The standard InChI is InChI=1S/C5H4FN2O/c6-5(1-2-5)4-8-7-3-9-4/h1-2H2. The summed E-state index contributed by atoms with van der Waals surface area (Å²) in [6.07, 6.45) is 3.11. The van der Waals surface area contributed by atoms with Crippen LogP contribution in [0.3, 0.4) is 0 Å². The minimum Gasteiger partial charge on any atom is -0.413 e. The van der Waals surface area contributed by atoms with Crippen molar-refractivity contribution in [1.29, 1.82) is 0 Å². The average molecular weight is 127 g/mol. The Kier molecular flexibility index (Phi) is 0.717. The van der Waals surface area contributed by atoms with Gasteiger partial charge < -0.3 is 4.42 Å². The summed E-state index contributed by atoms with van der Waals surface area (Å²) in [5.41, 5.74) is -1.30. The highest BCUT2D eigenvalue weighted by Gasteiger charge is 2.49. The first kappa shape index (κ1) is 4.90. The molecule has 1 aromatic heterocycles. The summed E-state index contributed by atoms with van der Waals surface area (Å²) >= 11 is 0. The third-order valence-electron chi connectivity index (χ3n) is 1.40. The lowest BCUT2D eigenvalue weighted by Gasteiger charge is -1.91. The molecule has 0 amide bonds. The lowest BCUT2D eigenvalue weighted by Crippen LogP contribution is -1.96. The van der Waals surface area contributed by atoms with Crippen LogP contribution in [0.2, 0.25) is 0 Å². The number of alkyl halides is 1. The minimum absolute atomic E-state index is 0.0718. The van der Waals surface area contributed by atoms with Crippen molar-refractivity contribution in [2.75, 3.05) is 0 Å². The van der Waals surface area contributed by atoms with Crippen LogP contribution < -0.4 is 0 Å². The van der Waals surface area contributed by atoms with E-state index in [0.29, 0.717) is 12.8 Å². The van der Waals surface area contributed by atoms with Crippen molar-refractivity contribution in [2.24, 2.45) is 0 Å². The topological polar surface area (TPSA) is 38.9 Å². The lowest BCUT2D eigenvalue weighted by atomic mass is 10.4. The summed E-state index contributed by atoms with van der Waals surface area (Å²) < 4.78 is 17.4. The molecular formula is C5H4FN2O. The first-order valence-electron chi connectivity index (χ1n) is 2.70. The number of aromatic nitrogens is 2. The molecule has 0 aromatic carbocycles. The predicted octanol–water partition coefficient (Wildman–Crippen LogP) is 0.828. The van der Waals surface area contributed by atoms with Crippen LogP contribution in [-0.2, 0) is 5.67 Å². The van der Waals surface area contributed by atoms with Crippen LogP contribution in [0, 0.1) is 6.39 Å². The largest absolute Gasteiger partial charge is 0.413 e. The fourth-order valence-electron chi connectivity index (χ4n) is 0.655. The van der Waals surface area contributed by atoms with Crippen molar-refractivity contribution in [1.82, 2.24) is 10.2 Å². The van der Waals surface area contributed by atoms with E-state index in [1.54, 1.807) is 0 Å². The van der Waals surface area contributed by atoms with Crippen LogP contribution in [0.1, 0.15) is 18.7 Å². The van der Waals surface area contributed by atoms with Crippen molar-refractivity contribution in [3.05, 3.63) is 12.3 Å². The number of hydrogen-bond acceptors (Lipinski definition) is 3. The highest BCUT2D eigenvalue weighted by molar-refractivity contribution is 5.05. The Balaban J connectivity index is 2.34. The molecule has 0 aliphatic heterocycles. The van der Waals surface area contributed by atoms with Crippen LogP contribution in [-0.4, -0.2) is 10.2 Å². The Morgan fingerprint density at radius 3 is 2.89 bits per heavy atom. The van der Waals surface area contributed by atoms with Gasteiger partial charge in [0.25, 0.3) is 5.89 Å².